The first-order chi connectivity index (χ1) is 18.5. The smallest absolute Gasteiger partial charge is 0.165 e. The Morgan fingerprint density at radius 1 is 0.895 bits per heavy atom. The number of aromatic nitrogens is 6. The van der Waals surface area contributed by atoms with E-state index in [1.54, 1.807) is 4.52 Å². The number of rotatable bonds is 4. The summed E-state index contributed by atoms with van der Waals surface area (Å²) in [5.41, 5.74) is 14.9. The van der Waals surface area contributed by atoms with Gasteiger partial charge < -0.3 is 10.8 Å². The number of aryl methyl sites for hydroxylation is 1. The largest absolute Gasteiger partial charge is 0.393 e. The summed E-state index contributed by atoms with van der Waals surface area (Å²) in [5, 5.41) is 15.4. The lowest BCUT2D eigenvalue weighted by molar-refractivity contribution is 0.0209. The monoisotopic (exact) mass is 499 g/mol. The van der Waals surface area contributed by atoms with Crippen LogP contribution in [0.2, 0.25) is 0 Å². The van der Waals surface area contributed by atoms with Crippen molar-refractivity contribution in [2.75, 3.05) is 0 Å². The summed E-state index contributed by atoms with van der Waals surface area (Å²) in [6.07, 6.45) is 7.83. The van der Waals surface area contributed by atoms with Crippen molar-refractivity contribution in [3.05, 3.63) is 96.8 Å². The van der Waals surface area contributed by atoms with Gasteiger partial charge in [0.15, 0.2) is 11.3 Å². The Kier molecular flexibility index (Phi) is 5.07. The number of aliphatic hydroxyl groups excluding tert-OH is 1. The molecule has 6 aromatic rings. The summed E-state index contributed by atoms with van der Waals surface area (Å²) in [6.45, 7) is 1.95. The zero-order chi connectivity index (χ0) is 25.9. The third kappa shape index (κ3) is 3.57. The van der Waals surface area contributed by atoms with Crippen molar-refractivity contribution in [3.63, 3.8) is 0 Å². The van der Waals surface area contributed by atoms with Crippen molar-refractivity contribution >= 4 is 16.7 Å². The molecule has 0 radical (unpaired) electrons. The molecule has 0 bridgehead atoms. The van der Waals surface area contributed by atoms with E-state index in [-0.39, 0.29) is 6.10 Å². The van der Waals surface area contributed by atoms with Gasteiger partial charge in [-0.05, 0) is 30.9 Å². The standard InChI is InChI=1S/C30H25N7O/c1-18-11-25-34-16-24-26(21-14-32-17-33-15-21)27(19-5-3-2-4-6-19)28(35-29(24)37(25)36-18)20-7-9-22(10-8-20)30(31)12-23(38)13-30/h2-11,14-17,23,38H,12-13,31H2,1H3/t23-,30-. The fourth-order valence-electron chi connectivity index (χ4n) is 5.53. The predicted molar refractivity (Wildman–Crippen MR) is 146 cm³/mol. The highest BCUT2D eigenvalue weighted by Crippen LogP contribution is 2.44. The lowest BCUT2D eigenvalue weighted by Crippen LogP contribution is -2.51. The highest BCUT2D eigenvalue weighted by Gasteiger charge is 2.41. The molecule has 3 N–H and O–H groups in total. The predicted octanol–water partition coefficient (Wildman–Crippen LogP) is 4.69. The molecule has 1 aliphatic carbocycles. The number of pyridine rings is 1. The minimum atomic E-state index is -0.492. The first kappa shape index (κ1) is 22.7. The fraction of sp³-hybridized carbons (Fsp3) is 0.167. The summed E-state index contributed by atoms with van der Waals surface area (Å²) < 4.78 is 1.80. The Morgan fingerprint density at radius 2 is 1.63 bits per heavy atom. The number of nitrogens with two attached hydrogens (primary N) is 1. The topological polar surface area (TPSA) is 115 Å². The van der Waals surface area contributed by atoms with E-state index in [1.165, 1.54) is 6.33 Å². The highest BCUT2D eigenvalue weighted by atomic mass is 16.3. The fourth-order valence-corrected chi connectivity index (χ4v) is 5.53. The van der Waals surface area contributed by atoms with Gasteiger partial charge in [-0.3, -0.25) is 0 Å². The van der Waals surface area contributed by atoms with Crippen molar-refractivity contribution in [3.8, 4) is 33.5 Å². The van der Waals surface area contributed by atoms with Crippen LogP contribution in [0.25, 0.3) is 50.2 Å². The summed E-state index contributed by atoms with van der Waals surface area (Å²) >= 11 is 0. The number of benzene rings is 2. The van der Waals surface area contributed by atoms with Crippen LogP contribution in [0, 0.1) is 6.92 Å². The van der Waals surface area contributed by atoms with Crippen LogP contribution in [0.5, 0.6) is 0 Å². The van der Waals surface area contributed by atoms with Gasteiger partial charge in [0.25, 0.3) is 0 Å². The molecule has 4 aromatic heterocycles. The van der Waals surface area contributed by atoms with E-state index >= 15 is 0 Å². The molecule has 7 rings (SSSR count). The van der Waals surface area contributed by atoms with E-state index in [0.717, 1.165) is 55.8 Å². The van der Waals surface area contributed by atoms with Crippen LogP contribution in [-0.4, -0.2) is 40.8 Å². The van der Waals surface area contributed by atoms with E-state index in [0.29, 0.717) is 18.5 Å². The van der Waals surface area contributed by atoms with Crippen molar-refractivity contribution in [2.24, 2.45) is 5.73 Å². The average molecular weight is 500 g/mol. The Labute approximate surface area is 218 Å². The molecule has 1 saturated carbocycles. The highest BCUT2D eigenvalue weighted by molar-refractivity contribution is 6.06. The minimum Gasteiger partial charge on any atom is -0.393 e. The van der Waals surface area contributed by atoms with Crippen LogP contribution < -0.4 is 5.73 Å². The molecule has 2 aromatic carbocycles. The molecule has 1 fully saturated rings. The molecule has 4 heterocycles. The Morgan fingerprint density at radius 3 is 2.34 bits per heavy atom. The van der Waals surface area contributed by atoms with E-state index in [4.69, 9.17) is 20.8 Å². The van der Waals surface area contributed by atoms with E-state index < -0.39 is 5.54 Å². The van der Waals surface area contributed by atoms with Gasteiger partial charge in [0.2, 0.25) is 0 Å². The second-order valence-corrected chi connectivity index (χ2v) is 10.1. The Hall–Kier alpha value is -4.53. The van der Waals surface area contributed by atoms with Crippen molar-refractivity contribution < 1.29 is 5.11 Å². The summed E-state index contributed by atoms with van der Waals surface area (Å²) in [6, 6.07) is 20.4. The van der Waals surface area contributed by atoms with Crippen LogP contribution in [0.3, 0.4) is 0 Å². The molecule has 0 amide bonds. The Balaban J connectivity index is 1.56. The van der Waals surface area contributed by atoms with Gasteiger partial charge in [-0.2, -0.15) is 9.61 Å². The normalized spacial score (nSPS) is 19.1. The maximum absolute atomic E-state index is 9.85. The van der Waals surface area contributed by atoms with E-state index in [1.807, 2.05) is 61.9 Å². The van der Waals surface area contributed by atoms with Crippen LogP contribution in [0.4, 0.5) is 0 Å². The molecular formula is C30H25N7O. The molecule has 186 valence electrons. The maximum Gasteiger partial charge on any atom is 0.165 e. The zero-order valence-electron chi connectivity index (χ0n) is 20.8. The summed E-state index contributed by atoms with van der Waals surface area (Å²) in [4.78, 5) is 18.6. The Bertz CT molecular complexity index is 1790. The van der Waals surface area contributed by atoms with Crippen LogP contribution >= 0.6 is 0 Å². The molecule has 8 nitrogen and oxygen atoms in total. The van der Waals surface area contributed by atoms with Crippen LogP contribution in [0.15, 0.2) is 85.6 Å². The maximum atomic E-state index is 9.85. The van der Waals surface area contributed by atoms with Gasteiger partial charge in [-0.25, -0.2) is 19.9 Å². The number of aliphatic hydroxyl groups is 1. The molecule has 0 spiro atoms. The number of hydrogen-bond donors (Lipinski definition) is 2. The van der Waals surface area contributed by atoms with Crippen molar-refractivity contribution in [1.82, 2.24) is 29.5 Å². The van der Waals surface area contributed by atoms with E-state index in [9.17, 15) is 5.11 Å². The van der Waals surface area contributed by atoms with Gasteiger partial charge >= 0.3 is 0 Å². The molecule has 8 heteroatoms. The molecule has 0 saturated heterocycles. The lowest BCUT2D eigenvalue weighted by atomic mass is 9.70. The average Bonchev–Trinajstić information content (AvgIpc) is 3.33. The molecule has 0 unspecified atom stereocenters. The van der Waals surface area contributed by atoms with E-state index in [2.05, 4.69) is 34.2 Å². The number of fused-ring (bicyclic) bond motifs is 3. The number of hydrogen-bond acceptors (Lipinski definition) is 7. The van der Waals surface area contributed by atoms with Gasteiger partial charge in [0.1, 0.15) is 6.33 Å². The van der Waals surface area contributed by atoms with Gasteiger partial charge in [-0.1, -0.05) is 54.6 Å². The first-order valence-electron chi connectivity index (χ1n) is 12.6. The summed E-state index contributed by atoms with van der Waals surface area (Å²) in [7, 11) is 0. The second kappa shape index (κ2) is 8.51. The third-order valence-corrected chi connectivity index (χ3v) is 7.40. The van der Waals surface area contributed by atoms with Gasteiger partial charge in [0, 0.05) is 57.8 Å². The number of nitrogens with zero attached hydrogens (tertiary/aromatic N) is 6. The molecule has 0 atom stereocenters. The zero-order valence-corrected chi connectivity index (χ0v) is 20.8. The van der Waals surface area contributed by atoms with Gasteiger partial charge in [0.05, 0.1) is 17.5 Å². The lowest BCUT2D eigenvalue weighted by Gasteiger charge is -2.42. The van der Waals surface area contributed by atoms with Crippen LogP contribution in [0.1, 0.15) is 24.1 Å². The SMILES string of the molecule is Cc1cc2ncc3c(-c4cncnc4)c(-c4ccccc4)c(-c4ccc([C@]5(N)C[C@H](O)C5)cc4)nc3n2n1. The molecular weight excluding hydrogens is 474 g/mol. The second-order valence-electron chi connectivity index (χ2n) is 10.1. The van der Waals surface area contributed by atoms with Crippen LogP contribution in [-0.2, 0) is 5.54 Å². The quantitative estimate of drug-likeness (QED) is 0.362. The van der Waals surface area contributed by atoms with Gasteiger partial charge in [-0.15, -0.1) is 0 Å². The van der Waals surface area contributed by atoms with Crippen molar-refractivity contribution in [2.45, 2.75) is 31.4 Å². The molecule has 1 aliphatic rings. The third-order valence-electron chi connectivity index (χ3n) is 7.40. The minimum absolute atomic E-state index is 0.337. The first-order valence-corrected chi connectivity index (χ1v) is 12.6. The molecule has 0 aliphatic heterocycles. The van der Waals surface area contributed by atoms with Crippen molar-refractivity contribution in [1.29, 1.82) is 0 Å². The molecule has 38 heavy (non-hydrogen) atoms. The summed E-state index contributed by atoms with van der Waals surface area (Å²) in [5.74, 6) is 0.